The Kier molecular flexibility index (Phi) is 28.9. The SMILES string of the molecule is CC(C)CCCCCCCCCCCCCCC(=O)O.CCCCCCCCCC(=O)O. The van der Waals surface area contributed by atoms with Crippen molar-refractivity contribution in [2.45, 2.75) is 162 Å². The number of aliphatic carboxylic acids is 2. The molecule has 0 atom stereocenters. The van der Waals surface area contributed by atoms with Gasteiger partial charge in [0.2, 0.25) is 0 Å². The second-order valence-electron chi connectivity index (χ2n) is 9.83. The lowest BCUT2D eigenvalue weighted by Crippen LogP contribution is -1.93. The molecule has 0 aromatic carbocycles. The standard InChI is InChI=1S/C18H36O2.C10H20O2/c1-17(2)15-13-11-9-7-5-3-4-6-8-10-12-14-16-18(19)20;1-2-3-4-5-6-7-8-9-10(11)12/h17H,3-16H2,1-2H3,(H,19,20);2-9H2,1H3,(H,11,12). The molecule has 0 aromatic heterocycles. The average Bonchev–Trinajstić information content (AvgIpc) is 2.73. The lowest BCUT2D eigenvalue weighted by molar-refractivity contribution is -0.138. The van der Waals surface area contributed by atoms with Gasteiger partial charge in [-0.3, -0.25) is 9.59 Å². The Balaban J connectivity index is 0. The Hall–Kier alpha value is -1.06. The number of hydrogen-bond donors (Lipinski definition) is 2. The lowest BCUT2D eigenvalue weighted by atomic mass is 10.0. The molecule has 0 amide bonds. The van der Waals surface area contributed by atoms with Crippen molar-refractivity contribution in [3.8, 4) is 0 Å². The van der Waals surface area contributed by atoms with Gasteiger partial charge in [0.1, 0.15) is 0 Å². The van der Waals surface area contributed by atoms with E-state index in [0.29, 0.717) is 12.8 Å². The highest BCUT2D eigenvalue weighted by molar-refractivity contribution is 5.66. The van der Waals surface area contributed by atoms with Crippen LogP contribution in [0.1, 0.15) is 162 Å². The van der Waals surface area contributed by atoms with Crippen molar-refractivity contribution in [1.29, 1.82) is 0 Å². The van der Waals surface area contributed by atoms with E-state index < -0.39 is 11.9 Å². The predicted octanol–water partition coefficient (Wildman–Crippen LogP) is 9.40. The van der Waals surface area contributed by atoms with Gasteiger partial charge in [0, 0.05) is 12.8 Å². The summed E-state index contributed by atoms with van der Waals surface area (Å²) in [5, 5.41) is 16.9. The molecule has 0 saturated heterocycles. The van der Waals surface area contributed by atoms with Gasteiger partial charge in [0.05, 0.1) is 0 Å². The zero-order valence-electron chi connectivity index (χ0n) is 21.8. The van der Waals surface area contributed by atoms with Gasteiger partial charge in [-0.05, 0) is 18.8 Å². The van der Waals surface area contributed by atoms with E-state index in [-0.39, 0.29) is 0 Å². The molecule has 4 heteroatoms. The van der Waals surface area contributed by atoms with Gasteiger partial charge < -0.3 is 10.2 Å². The van der Waals surface area contributed by atoms with E-state index in [1.807, 2.05) is 0 Å². The van der Waals surface area contributed by atoms with Crippen LogP contribution in [0.3, 0.4) is 0 Å². The van der Waals surface area contributed by atoms with Crippen LogP contribution in [0, 0.1) is 5.92 Å². The number of unbranched alkanes of at least 4 members (excludes halogenated alkanes) is 17. The number of carboxylic acid groups (broad SMARTS) is 2. The van der Waals surface area contributed by atoms with Gasteiger partial charge >= 0.3 is 11.9 Å². The van der Waals surface area contributed by atoms with Crippen LogP contribution in [0.15, 0.2) is 0 Å². The largest absolute Gasteiger partial charge is 0.481 e. The van der Waals surface area contributed by atoms with E-state index in [4.69, 9.17) is 10.2 Å². The molecule has 0 fully saturated rings. The number of carbonyl (C=O) groups is 2. The van der Waals surface area contributed by atoms with Gasteiger partial charge in [-0.1, -0.05) is 136 Å². The minimum atomic E-state index is -0.663. The summed E-state index contributed by atoms with van der Waals surface area (Å²) in [5.41, 5.74) is 0. The van der Waals surface area contributed by atoms with Gasteiger partial charge in [-0.25, -0.2) is 0 Å². The Morgan fingerprint density at radius 3 is 1.06 bits per heavy atom. The van der Waals surface area contributed by atoms with E-state index in [1.165, 1.54) is 103 Å². The summed E-state index contributed by atoms with van der Waals surface area (Å²) in [6.45, 7) is 6.81. The van der Waals surface area contributed by atoms with Gasteiger partial charge in [0.15, 0.2) is 0 Å². The highest BCUT2D eigenvalue weighted by atomic mass is 16.4. The molecule has 0 heterocycles. The molecule has 0 aliphatic carbocycles. The van der Waals surface area contributed by atoms with Crippen LogP contribution in [-0.4, -0.2) is 22.2 Å². The monoisotopic (exact) mass is 456 g/mol. The van der Waals surface area contributed by atoms with Crippen LogP contribution in [0.2, 0.25) is 0 Å². The Bertz CT molecular complexity index is 393. The normalized spacial score (nSPS) is 10.8. The molecule has 2 N–H and O–H groups in total. The molecule has 0 aliphatic rings. The van der Waals surface area contributed by atoms with Crippen LogP contribution in [0.5, 0.6) is 0 Å². The molecule has 0 unspecified atom stereocenters. The fourth-order valence-electron chi connectivity index (χ4n) is 3.83. The summed E-state index contributed by atoms with van der Waals surface area (Å²) < 4.78 is 0. The number of hydrogen-bond acceptors (Lipinski definition) is 2. The molecule has 0 rings (SSSR count). The molecule has 0 spiro atoms. The Morgan fingerprint density at radius 2 is 0.781 bits per heavy atom. The summed E-state index contributed by atoms with van der Waals surface area (Å²) >= 11 is 0. The van der Waals surface area contributed by atoms with E-state index >= 15 is 0 Å². The summed E-state index contributed by atoms with van der Waals surface area (Å²) in [6, 6.07) is 0. The second-order valence-corrected chi connectivity index (χ2v) is 9.83. The lowest BCUT2D eigenvalue weighted by Gasteiger charge is -2.04. The number of rotatable bonds is 23. The van der Waals surface area contributed by atoms with Crippen molar-refractivity contribution in [2.75, 3.05) is 0 Å². The first-order chi connectivity index (χ1) is 15.4. The Morgan fingerprint density at radius 1 is 0.500 bits per heavy atom. The molecule has 4 nitrogen and oxygen atoms in total. The molecule has 0 aromatic rings. The fourth-order valence-corrected chi connectivity index (χ4v) is 3.83. The highest BCUT2D eigenvalue weighted by Crippen LogP contribution is 2.14. The minimum Gasteiger partial charge on any atom is -0.481 e. The third-order valence-electron chi connectivity index (χ3n) is 5.92. The second kappa shape index (κ2) is 28.0. The van der Waals surface area contributed by atoms with Crippen LogP contribution >= 0.6 is 0 Å². The van der Waals surface area contributed by atoms with Crippen LogP contribution in [-0.2, 0) is 9.59 Å². The summed E-state index contributed by atoms with van der Waals surface area (Å²) in [5.74, 6) is -0.451. The molecule has 0 radical (unpaired) electrons. The number of carboxylic acids is 2. The molecular formula is C28H56O4. The topological polar surface area (TPSA) is 74.6 Å². The van der Waals surface area contributed by atoms with E-state index in [9.17, 15) is 9.59 Å². The maximum absolute atomic E-state index is 10.3. The third-order valence-corrected chi connectivity index (χ3v) is 5.92. The van der Waals surface area contributed by atoms with Gasteiger partial charge in [-0.2, -0.15) is 0 Å². The van der Waals surface area contributed by atoms with Crippen molar-refractivity contribution in [3.05, 3.63) is 0 Å². The van der Waals surface area contributed by atoms with E-state index in [2.05, 4.69) is 20.8 Å². The van der Waals surface area contributed by atoms with Crippen molar-refractivity contribution in [2.24, 2.45) is 5.92 Å². The quantitative estimate of drug-likeness (QED) is 0.150. The van der Waals surface area contributed by atoms with Gasteiger partial charge in [0.25, 0.3) is 0 Å². The predicted molar refractivity (Wildman–Crippen MR) is 137 cm³/mol. The maximum atomic E-state index is 10.3. The molecule has 192 valence electrons. The van der Waals surface area contributed by atoms with Crippen molar-refractivity contribution in [1.82, 2.24) is 0 Å². The van der Waals surface area contributed by atoms with Crippen molar-refractivity contribution in [3.63, 3.8) is 0 Å². The van der Waals surface area contributed by atoms with E-state index in [0.717, 1.165) is 31.6 Å². The average molecular weight is 457 g/mol. The summed E-state index contributed by atoms with van der Waals surface area (Å²) in [6.07, 6.45) is 26.0. The van der Waals surface area contributed by atoms with Crippen LogP contribution < -0.4 is 0 Å². The molecular weight excluding hydrogens is 400 g/mol. The zero-order chi connectivity index (χ0) is 24.3. The fraction of sp³-hybridized carbons (Fsp3) is 0.929. The first-order valence-corrected chi connectivity index (χ1v) is 13.8. The highest BCUT2D eigenvalue weighted by Gasteiger charge is 1.98. The maximum Gasteiger partial charge on any atom is 0.303 e. The van der Waals surface area contributed by atoms with Crippen LogP contribution in [0.4, 0.5) is 0 Å². The molecule has 0 bridgehead atoms. The van der Waals surface area contributed by atoms with Crippen LogP contribution in [0.25, 0.3) is 0 Å². The van der Waals surface area contributed by atoms with Gasteiger partial charge in [-0.15, -0.1) is 0 Å². The molecule has 32 heavy (non-hydrogen) atoms. The summed E-state index contributed by atoms with van der Waals surface area (Å²) in [4.78, 5) is 20.5. The minimum absolute atomic E-state index is 0.341. The first-order valence-electron chi connectivity index (χ1n) is 13.8. The zero-order valence-corrected chi connectivity index (χ0v) is 21.8. The Labute approximate surface area is 200 Å². The van der Waals surface area contributed by atoms with Crippen molar-refractivity contribution < 1.29 is 19.8 Å². The molecule has 0 aliphatic heterocycles. The first kappa shape index (κ1) is 33.1. The summed E-state index contributed by atoms with van der Waals surface area (Å²) in [7, 11) is 0. The van der Waals surface area contributed by atoms with Crippen molar-refractivity contribution >= 4 is 11.9 Å². The molecule has 0 saturated carbocycles. The smallest absolute Gasteiger partial charge is 0.303 e. The third kappa shape index (κ3) is 36.3. The van der Waals surface area contributed by atoms with E-state index in [1.54, 1.807) is 0 Å².